The number of aromatic nitrogens is 2. The van der Waals surface area contributed by atoms with E-state index in [-0.39, 0.29) is 0 Å². The van der Waals surface area contributed by atoms with E-state index in [4.69, 9.17) is 22.1 Å². The zero-order chi connectivity index (χ0) is 11.5. The number of rotatable bonds is 3. The molecular weight excluding hydrogens is 226 g/mol. The van der Waals surface area contributed by atoms with E-state index in [0.717, 1.165) is 11.4 Å². The molecule has 2 aromatic rings. The highest BCUT2D eigenvalue weighted by Gasteiger charge is 2.01. The standard InChI is InChI=1S/C11H12ClN3O/c1-8-6-11(13)14-15(8)7-16-10-4-2-9(12)3-5-10/h2-6H,7H2,1H3,(H2,13,14). The molecule has 2 rings (SSSR count). The summed E-state index contributed by atoms with van der Waals surface area (Å²) in [6.07, 6.45) is 0. The molecule has 0 atom stereocenters. The minimum Gasteiger partial charge on any atom is -0.471 e. The zero-order valence-electron chi connectivity index (χ0n) is 8.85. The maximum atomic E-state index is 5.77. The van der Waals surface area contributed by atoms with Crippen molar-refractivity contribution >= 4 is 17.4 Å². The number of aryl methyl sites for hydroxylation is 1. The van der Waals surface area contributed by atoms with Crippen LogP contribution in [-0.2, 0) is 6.73 Å². The minimum absolute atomic E-state index is 0.338. The summed E-state index contributed by atoms with van der Waals surface area (Å²) in [5.41, 5.74) is 6.53. The van der Waals surface area contributed by atoms with Crippen molar-refractivity contribution in [3.05, 3.63) is 41.0 Å². The molecule has 0 saturated heterocycles. The second kappa shape index (κ2) is 4.45. The first-order valence-corrected chi connectivity index (χ1v) is 5.21. The number of anilines is 1. The SMILES string of the molecule is Cc1cc(N)nn1COc1ccc(Cl)cc1. The number of nitrogens with zero attached hydrogens (tertiary/aromatic N) is 2. The number of halogens is 1. The number of ether oxygens (including phenoxy) is 1. The van der Waals surface area contributed by atoms with Crippen LogP contribution in [0.2, 0.25) is 5.02 Å². The van der Waals surface area contributed by atoms with Gasteiger partial charge in [0.25, 0.3) is 0 Å². The Bertz CT molecular complexity index is 478. The van der Waals surface area contributed by atoms with Crippen molar-refractivity contribution < 1.29 is 4.74 Å². The van der Waals surface area contributed by atoms with Crippen molar-refractivity contribution in [2.24, 2.45) is 0 Å². The topological polar surface area (TPSA) is 53.1 Å². The Labute approximate surface area is 98.6 Å². The summed E-state index contributed by atoms with van der Waals surface area (Å²) in [5, 5.41) is 4.77. The molecule has 0 bridgehead atoms. The summed E-state index contributed by atoms with van der Waals surface area (Å²) in [5.74, 6) is 1.25. The molecule has 0 spiro atoms. The fraction of sp³-hybridized carbons (Fsp3) is 0.182. The van der Waals surface area contributed by atoms with Gasteiger partial charge in [0.05, 0.1) is 0 Å². The number of nitrogen functional groups attached to an aromatic ring is 1. The van der Waals surface area contributed by atoms with Crippen LogP contribution in [0, 0.1) is 6.92 Å². The Kier molecular flexibility index (Phi) is 3.01. The molecule has 0 unspecified atom stereocenters. The maximum absolute atomic E-state index is 5.77. The van der Waals surface area contributed by atoms with E-state index in [9.17, 15) is 0 Å². The molecule has 0 aliphatic carbocycles. The molecule has 0 aliphatic heterocycles. The Hall–Kier alpha value is -1.68. The number of benzene rings is 1. The largest absolute Gasteiger partial charge is 0.471 e. The van der Waals surface area contributed by atoms with Gasteiger partial charge < -0.3 is 10.5 Å². The highest BCUT2D eigenvalue weighted by molar-refractivity contribution is 6.30. The van der Waals surface area contributed by atoms with Crippen LogP contribution in [-0.4, -0.2) is 9.78 Å². The summed E-state index contributed by atoms with van der Waals surface area (Å²) in [4.78, 5) is 0. The van der Waals surface area contributed by atoms with Gasteiger partial charge in [0.15, 0.2) is 6.73 Å². The Morgan fingerprint density at radius 1 is 1.38 bits per heavy atom. The molecule has 0 saturated carbocycles. The molecule has 2 N–H and O–H groups in total. The van der Waals surface area contributed by atoms with Gasteiger partial charge in [0.2, 0.25) is 0 Å². The third-order valence-corrected chi connectivity index (χ3v) is 2.42. The first-order valence-electron chi connectivity index (χ1n) is 4.83. The molecule has 0 amide bonds. The quantitative estimate of drug-likeness (QED) is 0.892. The third kappa shape index (κ3) is 2.46. The lowest BCUT2D eigenvalue weighted by molar-refractivity contribution is 0.218. The molecule has 1 aromatic heterocycles. The van der Waals surface area contributed by atoms with Gasteiger partial charge in [0, 0.05) is 16.8 Å². The smallest absolute Gasteiger partial charge is 0.181 e. The van der Waals surface area contributed by atoms with E-state index in [2.05, 4.69) is 5.10 Å². The molecule has 0 aliphatic rings. The van der Waals surface area contributed by atoms with Crippen molar-refractivity contribution in [1.29, 1.82) is 0 Å². The molecule has 5 heteroatoms. The summed E-state index contributed by atoms with van der Waals surface area (Å²) in [6, 6.07) is 8.97. The van der Waals surface area contributed by atoms with E-state index < -0.39 is 0 Å². The van der Waals surface area contributed by atoms with Crippen LogP contribution in [0.25, 0.3) is 0 Å². The summed E-state index contributed by atoms with van der Waals surface area (Å²) in [6.45, 7) is 2.26. The van der Waals surface area contributed by atoms with Gasteiger partial charge in [-0.1, -0.05) is 11.6 Å². The Morgan fingerprint density at radius 2 is 2.06 bits per heavy atom. The van der Waals surface area contributed by atoms with Gasteiger partial charge in [0.1, 0.15) is 11.6 Å². The number of nitrogens with two attached hydrogens (primary N) is 1. The van der Waals surface area contributed by atoms with E-state index in [1.54, 1.807) is 22.9 Å². The molecule has 0 radical (unpaired) electrons. The van der Waals surface area contributed by atoms with E-state index in [1.807, 2.05) is 19.1 Å². The monoisotopic (exact) mass is 237 g/mol. The lowest BCUT2D eigenvalue weighted by Crippen LogP contribution is -2.08. The molecule has 4 nitrogen and oxygen atoms in total. The van der Waals surface area contributed by atoms with Gasteiger partial charge in [-0.05, 0) is 31.2 Å². The van der Waals surface area contributed by atoms with Gasteiger partial charge in [-0.2, -0.15) is 5.10 Å². The summed E-state index contributed by atoms with van der Waals surface area (Å²) < 4.78 is 7.23. The molecular formula is C11H12ClN3O. The van der Waals surface area contributed by atoms with Crippen molar-refractivity contribution in [3.63, 3.8) is 0 Å². The van der Waals surface area contributed by atoms with Crippen LogP contribution in [0.1, 0.15) is 5.69 Å². The maximum Gasteiger partial charge on any atom is 0.181 e. The first kappa shape index (κ1) is 10.8. The zero-order valence-corrected chi connectivity index (χ0v) is 9.61. The van der Waals surface area contributed by atoms with E-state index in [1.165, 1.54) is 0 Å². The van der Waals surface area contributed by atoms with Crippen LogP contribution in [0.15, 0.2) is 30.3 Å². The van der Waals surface area contributed by atoms with Crippen molar-refractivity contribution in [2.45, 2.75) is 13.7 Å². The Balaban J connectivity index is 2.02. The van der Waals surface area contributed by atoms with Crippen LogP contribution < -0.4 is 10.5 Å². The second-order valence-electron chi connectivity index (χ2n) is 3.44. The third-order valence-electron chi connectivity index (χ3n) is 2.17. The van der Waals surface area contributed by atoms with Crippen LogP contribution in [0.3, 0.4) is 0 Å². The molecule has 16 heavy (non-hydrogen) atoms. The van der Waals surface area contributed by atoms with Crippen molar-refractivity contribution in [2.75, 3.05) is 5.73 Å². The summed E-state index contributed by atoms with van der Waals surface area (Å²) in [7, 11) is 0. The fourth-order valence-corrected chi connectivity index (χ4v) is 1.46. The van der Waals surface area contributed by atoms with Crippen molar-refractivity contribution in [1.82, 2.24) is 9.78 Å². The second-order valence-corrected chi connectivity index (χ2v) is 3.87. The number of hydrogen-bond acceptors (Lipinski definition) is 3. The van der Waals surface area contributed by atoms with Gasteiger partial charge in [-0.3, -0.25) is 0 Å². The normalized spacial score (nSPS) is 10.4. The van der Waals surface area contributed by atoms with E-state index >= 15 is 0 Å². The molecule has 1 heterocycles. The van der Waals surface area contributed by atoms with Crippen LogP contribution >= 0.6 is 11.6 Å². The predicted molar refractivity (Wildman–Crippen MR) is 63.5 cm³/mol. The van der Waals surface area contributed by atoms with E-state index in [0.29, 0.717) is 17.6 Å². The highest BCUT2D eigenvalue weighted by atomic mass is 35.5. The minimum atomic E-state index is 0.338. The lowest BCUT2D eigenvalue weighted by atomic mass is 10.3. The number of hydrogen-bond donors (Lipinski definition) is 1. The van der Waals surface area contributed by atoms with Gasteiger partial charge in [-0.25, -0.2) is 4.68 Å². The molecule has 84 valence electrons. The predicted octanol–water partition coefficient (Wildman–Crippen LogP) is 2.46. The molecule has 0 fully saturated rings. The fourth-order valence-electron chi connectivity index (χ4n) is 1.33. The van der Waals surface area contributed by atoms with Gasteiger partial charge >= 0.3 is 0 Å². The average Bonchev–Trinajstić information content (AvgIpc) is 2.57. The van der Waals surface area contributed by atoms with Crippen LogP contribution in [0.5, 0.6) is 5.75 Å². The Morgan fingerprint density at radius 3 is 2.62 bits per heavy atom. The first-order chi connectivity index (χ1) is 7.65. The molecule has 1 aromatic carbocycles. The highest BCUT2D eigenvalue weighted by Crippen LogP contribution is 2.16. The lowest BCUT2D eigenvalue weighted by Gasteiger charge is -2.07. The summed E-state index contributed by atoms with van der Waals surface area (Å²) >= 11 is 5.77. The van der Waals surface area contributed by atoms with Crippen molar-refractivity contribution in [3.8, 4) is 5.75 Å². The van der Waals surface area contributed by atoms with Crippen LogP contribution in [0.4, 0.5) is 5.82 Å². The average molecular weight is 238 g/mol. The van der Waals surface area contributed by atoms with Gasteiger partial charge in [-0.15, -0.1) is 0 Å².